The molecule has 2 heterocycles. The third-order valence-corrected chi connectivity index (χ3v) is 7.55. The third kappa shape index (κ3) is 4.29. The fourth-order valence-electron chi connectivity index (χ4n) is 5.80. The minimum atomic E-state index is -1.18. The van der Waals surface area contributed by atoms with E-state index in [-0.39, 0.29) is 29.4 Å². The smallest absolute Gasteiger partial charge is 0.256 e. The summed E-state index contributed by atoms with van der Waals surface area (Å²) in [5, 5.41) is 13.9. The SMILES string of the molecule is CCO[C@H]1[C@H](NC(=O)c2cccnc2)c2ccccc2C12CCN(C(=O)[C@@H](O)c1ccccc1)CC2. The zero-order chi connectivity index (χ0) is 25.1. The van der Waals surface area contributed by atoms with E-state index >= 15 is 0 Å². The summed E-state index contributed by atoms with van der Waals surface area (Å²) >= 11 is 0. The number of aliphatic hydroxyl groups excluding tert-OH is 1. The Hall–Kier alpha value is -3.55. The first kappa shape index (κ1) is 24.2. The van der Waals surface area contributed by atoms with E-state index in [1.54, 1.807) is 41.6 Å². The molecule has 0 bridgehead atoms. The average molecular weight is 486 g/mol. The molecular weight excluding hydrogens is 454 g/mol. The molecule has 36 heavy (non-hydrogen) atoms. The molecule has 1 aromatic heterocycles. The van der Waals surface area contributed by atoms with Crippen LogP contribution in [0.4, 0.5) is 0 Å². The van der Waals surface area contributed by atoms with E-state index in [4.69, 9.17) is 4.74 Å². The molecule has 0 saturated carbocycles. The van der Waals surface area contributed by atoms with Gasteiger partial charge < -0.3 is 20.1 Å². The highest BCUT2D eigenvalue weighted by molar-refractivity contribution is 5.94. The number of pyridine rings is 1. The van der Waals surface area contributed by atoms with Gasteiger partial charge in [-0.05, 0) is 48.6 Å². The maximum atomic E-state index is 13.1. The Labute approximate surface area is 211 Å². The fourth-order valence-corrected chi connectivity index (χ4v) is 5.80. The Balaban J connectivity index is 1.40. The third-order valence-electron chi connectivity index (χ3n) is 7.55. The van der Waals surface area contributed by atoms with E-state index in [9.17, 15) is 14.7 Å². The first-order valence-electron chi connectivity index (χ1n) is 12.5. The maximum absolute atomic E-state index is 13.1. The largest absolute Gasteiger partial charge is 0.378 e. The second-order valence-corrected chi connectivity index (χ2v) is 9.45. The second-order valence-electron chi connectivity index (χ2n) is 9.45. The number of likely N-dealkylation sites (tertiary alicyclic amines) is 1. The molecule has 1 fully saturated rings. The molecule has 3 aromatic rings. The molecule has 5 rings (SSSR count). The lowest BCUT2D eigenvalue weighted by Gasteiger charge is -2.44. The molecule has 1 aliphatic heterocycles. The minimum Gasteiger partial charge on any atom is -0.378 e. The number of carbonyl (C=O) groups is 2. The molecule has 1 spiro atoms. The van der Waals surface area contributed by atoms with Crippen LogP contribution in [0.5, 0.6) is 0 Å². The van der Waals surface area contributed by atoms with Crippen molar-refractivity contribution in [2.75, 3.05) is 19.7 Å². The van der Waals surface area contributed by atoms with Gasteiger partial charge in [-0.3, -0.25) is 14.6 Å². The molecule has 0 unspecified atom stereocenters. The molecule has 2 aliphatic rings. The van der Waals surface area contributed by atoms with E-state index < -0.39 is 6.10 Å². The number of piperidine rings is 1. The number of rotatable bonds is 6. The maximum Gasteiger partial charge on any atom is 0.256 e. The Bertz CT molecular complexity index is 1210. The summed E-state index contributed by atoms with van der Waals surface area (Å²) in [5.41, 5.74) is 2.97. The van der Waals surface area contributed by atoms with Gasteiger partial charge in [0.25, 0.3) is 11.8 Å². The lowest BCUT2D eigenvalue weighted by Crippen LogP contribution is -2.52. The van der Waals surface area contributed by atoms with Gasteiger partial charge >= 0.3 is 0 Å². The Morgan fingerprint density at radius 2 is 1.81 bits per heavy atom. The molecule has 7 heteroatoms. The zero-order valence-corrected chi connectivity index (χ0v) is 20.3. The number of hydrogen-bond acceptors (Lipinski definition) is 5. The number of fused-ring (bicyclic) bond motifs is 2. The van der Waals surface area contributed by atoms with Crippen LogP contribution >= 0.6 is 0 Å². The molecule has 3 atom stereocenters. The predicted octanol–water partition coefficient (Wildman–Crippen LogP) is 3.57. The molecule has 2 N–H and O–H groups in total. The van der Waals surface area contributed by atoms with Gasteiger partial charge in [-0.15, -0.1) is 0 Å². The van der Waals surface area contributed by atoms with E-state index in [0.29, 0.717) is 43.7 Å². The number of carbonyl (C=O) groups excluding carboxylic acids is 2. The van der Waals surface area contributed by atoms with Crippen LogP contribution in [0.3, 0.4) is 0 Å². The van der Waals surface area contributed by atoms with Crippen molar-refractivity contribution in [2.24, 2.45) is 0 Å². The van der Waals surface area contributed by atoms with Gasteiger partial charge in [-0.1, -0.05) is 54.6 Å². The van der Waals surface area contributed by atoms with Crippen LogP contribution in [-0.4, -0.2) is 52.6 Å². The van der Waals surface area contributed by atoms with Crippen molar-refractivity contribution in [2.45, 2.75) is 43.4 Å². The number of hydrogen-bond donors (Lipinski definition) is 2. The van der Waals surface area contributed by atoms with Crippen molar-refractivity contribution in [1.82, 2.24) is 15.2 Å². The highest BCUT2D eigenvalue weighted by atomic mass is 16.5. The monoisotopic (exact) mass is 485 g/mol. The Kier molecular flexibility index (Phi) is 6.85. The van der Waals surface area contributed by atoms with Crippen LogP contribution in [0.25, 0.3) is 0 Å². The molecule has 7 nitrogen and oxygen atoms in total. The Morgan fingerprint density at radius 3 is 2.50 bits per heavy atom. The van der Waals surface area contributed by atoms with Crippen LogP contribution in [0.15, 0.2) is 79.1 Å². The van der Waals surface area contributed by atoms with Gasteiger partial charge in [-0.25, -0.2) is 0 Å². The van der Waals surface area contributed by atoms with E-state index in [2.05, 4.69) is 22.4 Å². The number of benzene rings is 2. The highest BCUT2D eigenvalue weighted by Crippen LogP contribution is 2.52. The number of nitrogens with one attached hydrogen (secondary N) is 1. The van der Waals surface area contributed by atoms with Crippen molar-refractivity contribution in [3.05, 3.63) is 101 Å². The van der Waals surface area contributed by atoms with Crippen LogP contribution in [0.2, 0.25) is 0 Å². The van der Waals surface area contributed by atoms with E-state index in [0.717, 1.165) is 11.1 Å². The fraction of sp³-hybridized carbons (Fsp3) is 0.345. The Morgan fingerprint density at radius 1 is 1.08 bits per heavy atom. The minimum absolute atomic E-state index is 0.191. The van der Waals surface area contributed by atoms with E-state index in [1.807, 2.05) is 37.3 Å². The number of nitrogens with zero attached hydrogens (tertiary/aromatic N) is 2. The zero-order valence-electron chi connectivity index (χ0n) is 20.3. The summed E-state index contributed by atoms with van der Waals surface area (Å²) < 4.78 is 6.36. The lowest BCUT2D eigenvalue weighted by atomic mass is 9.71. The van der Waals surface area contributed by atoms with Gasteiger partial charge in [0.1, 0.15) is 0 Å². The van der Waals surface area contributed by atoms with Crippen molar-refractivity contribution in [3.63, 3.8) is 0 Å². The molecule has 1 saturated heterocycles. The van der Waals surface area contributed by atoms with Gasteiger partial charge in [0.2, 0.25) is 0 Å². The van der Waals surface area contributed by atoms with Crippen LogP contribution < -0.4 is 5.32 Å². The summed E-state index contributed by atoms with van der Waals surface area (Å²) in [7, 11) is 0. The van der Waals surface area contributed by atoms with E-state index in [1.165, 1.54) is 0 Å². The van der Waals surface area contributed by atoms with Crippen LogP contribution in [0.1, 0.15) is 59.0 Å². The number of ether oxygens (including phenoxy) is 1. The lowest BCUT2D eigenvalue weighted by molar-refractivity contribution is -0.143. The van der Waals surface area contributed by atoms with Crippen molar-refractivity contribution in [1.29, 1.82) is 0 Å². The molecule has 1 aliphatic carbocycles. The number of aliphatic hydroxyl groups is 1. The first-order chi connectivity index (χ1) is 17.5. The highest BCUT2D eigenvalue weighted by Gasteiger charge is 2.54. The van der Waals surface area contributed by atoms with Crippen molar-refractivity contribution >= 4 is 11.8 Å². The summed E-state index contributed by atoms with van der Waals surface area (Å²) in [6, 6.07) is 20.4. The van der Waals surface area contributed by atoms with Crippen molar-refractivity contribution < 1.29 is 19.4 Å². The quantitative estimate of drug-likeness (QED) is 0.557. The predicted molar refractivity (Wildman–Crippen MR) is 135 cm³/mol. The molecule has 186 valence electrons. The number of amides is 2. The molecule has 2 aromatic carbocycles. The summed E-state index contributed by atoms with van der Waals surface area (Å²) in [6.07, 6.45) is 3.12. The average Bonchev–Trinajstić information content (AvgIpc) is 3.18. The molecule has 2 amide bonds. The molecule has 0 radical (unpaired) electrons. The summed E-state index contributed by atoms with van der Waals surface area (Å²) in [6.45, 7) is 3.48. The number of aromatic nitrogens is 1. The van der Waals surface area contributed by atoms with Crippen molar-refractivity contribution in [3.8, 4) is 0 Å². The second kappa shape index (κ2) is 10.2. The topological polar surface area (TPSA) is 91.8 Å². The first-order valence-corrected chi connectivity index (χ1v) is 12.5. The molecular formula is C29H31N3O4. The summed E-state index contributed by atoms with van der Waals surface area (Å²) in [4.78, 5) is 32.0. The van der Waals surface area contributed by atoms with Crippen LogP contribution in [0, 0.1) is 0 Å². The standard InChI is InChI=1S/C29H31N3O4/c1-2-36-26-24(31-27(34)21-11-8-16-30-19-21)22-12-6-7-13-23(22)29(26)14-17-32(18-15-29)28(35)25(33)20-9-4-3-5-10-20/h3-13,16,19,24-26,33H,2,14-15,17-18H2,1H3,(H,31,34)/t24-,25+,26+/m1/s1. The van der Waals surface area contributed by atoms with Gasteiger partial charge in [0.05, 0.1) is 17.7 Å². The normalized spacial score (nSPS) is 21.1. The summed E-state index contributed by atoms with van der Waals surface area (Å²) in [5.74, 6) is -0.472. The van der Waals surface area contributed by atoms with Gasteiger partial charge in [0.15, 0.2) is 6.10 Å². The van der Waals surface area contributed by atoms with Crippen LogP contribution in [-0.2, 0) is 14.9 Å². The van der Waals surface area contributed by atoms with Gasteiger partial charge in [0, 0.05) is 37.5 Å². The van der Waals surface area contributed by atoms with Gasteiger partial charge in [-0.2, -0.15) is 0 Å².